The number of rotatable bonds is 12. The monoisotopic (exact) mass is 509 g/mol. The van der Waals surface area contributed by atoms with Crippen molar-refractivity contribution >= 4 is 7.05 Å². The van der Waals surface area contributed by atoms with Gasteiger partial charge in [-0.1, -0.05) is 125 Å². The Hall–Kier alpha value is -0.0957. The standard InChI is InChI=1S/C23H44NP.C7H12.Ti/c1-10-17-21(4,5)25(22(6,7)18-11-2,23(8,9)19-12-3)24-20-15-13-14-16-20;1-3-5-7-6-4-2;/h13-15H,10-12,16-19H2,1-9H3;3,5-7H,4H2,1-2H3;. The molecule has 1 aliphatic rings. The first-order chi connectivity index (χ1) is 14.9. The molecule has 3 heteroatoms. The van der Waals surface area contributed by atoms with Gasteiger partial charge in [-0.25, -0.2) is 0 Å². The first-order valence-electron chi connectivity index (χ1n) is 13.2. The normalized spacial score (nSPS) is 14.8. The third kappa shape index (κ3) is 9.46. The number of allylic oxidation sites excluding steroid dienone is 7. The summed E-state index contributed by atoms with van der Waals surface area (Å²) in [5.41, 5.74) is 1.32. The molecule has 33 heavy (non-hydrogen) atoms. The molecule has 0 spiro atoms. The molecule has 1 aliphatic carbocycles. The predicted molar refractivity (Wildman–Crippen MR) is 152 cm³/mol. The van der Waals surface area contributed by atoms with E-state index in [2.05, 4.69) is 99.6 Å². The summed E-state index contributed by atoms with van der Waals surface area (Å²) in [4.78, 5) is 0. The Bertz CT molecular complexity index is 653. The van der Waals surface area contributed by atoms with Gasteiger partial charge in [-0.2, -0.15) is 0 Å². The van der Waals surface area contributed by atoms with Crippen LogP contribution >= 0.6 is 7.05 Å². The second-order valence-electron chi connectivity index (χ2n) is 11.1. The van der Waals surface area contributed by atoms with Gasteiger partial charge < -0.3 is 0 Å². The van der Waals surface area contributed by atoms with Crippen molar-refractivity contribution < 1.29 is 21.7 Å². The molecule has 0 unspecified atom stereocenters. The molecule has 0 bridgehead atoms. The summed E-state index contributed by atoms with van der Waals surface area (Å²) >= 11 is 0. The Kier molecular flexibility index (Phi) is 17.6. The average Bonchev–Trinajstić information content (AvgIpc) is 3.19. The van der Waals surface area contributed by atoms with Crippen molar-refractivity contribution in [1.29, 1.82) is 0 Å². The van der Waals surface area contributed by atoms with E-state index in [1.807, 2.05) is 19.1 Å². The van der Waals surface area contributed by atoms with E-state index >= 15 is 0 Å². The van der Waals surface area contributed by atoms with Crippen molar-refractivity contribution in [3.63, 3.8) is 0 Å². The summed E-state index contributed by atoms with van der Waals surface area (Å²) in [7, 11) is -1.69. The molecule has 0 atom stereocenters. The van der Waals surface area contributed by atoms with Gasteiger partial charge in [0, 0.05) is 49.3 Å². The Labute approximate surface area is 224 Å². The molecule has 0 saturated carbocycles. The summed E-state index contributed by atoms with van der Waals surface area (Å²) in [5, 5.41) is 0.799. The maximum absolute atomic E-state index is 5.79. The van der Waals surface area contributed by atoms with Crippen molar-refractivity contribution in [1.82, 2.24) is 0 Å². The van der Waals surface area contributed by atoms with Crippen LogP contribution in [0.15, 0.2) is 53.0 Å². The van der Waals surface area contributed by atoms with E-state index in [1.54, 1.807) is 0 Å². The van der Waals surface area contributed by atoms with Crippen LogP contribution in [-0.2, 0) is 21.7 Å². The summed E-state index contributed by atoms with van der Waals surface area (Å²) in [5.74, 6) is 0. The van der Waals surface area contributed by atoms with Gasteiger partial charge in [0.25, 0.3) is 0 Å². The van der Waals surface area contributed by atoms with Crippen LogP contribution in [-0.4, -0.2) is 15.5 Å². The molecule has 0 N–H and O–H groups in total. The van der Waals surface area contributed by atoms with Crippen LogP contribution in [0.4, 0.5) is 0 Å². The molecule has 0 fully saturated rings. The molecular formula is C30H56NPTi. The first-order valence-corrected chi connectivity index (χ1v) is 14.9. The van der Waals surface area contributed by atoms with Crippen molar-refractivity contribution in [3.8, 4) is 0 Å². The fraction of sp³-hybridized carbons (Fsp3) is 0.733. The zero-order valence-corrected chi connectivity index (χ0v) is 26.5. The van der Waals surface area contributed by atoms with Gasteiger partial charge in [-0.3, -0.25) is 4.74 Å². The zero-order valence-electron chi connectivity index (χ0n) is 24.1. The van der Waals surface area contributed by atoms with Crippen LogP contribution < -0.4 is 0 Å². The number of nitrogens with zero attached hydrogens (tertiary/aromatic N) is 1. The fourth-order valence-corrected chi connectivity index (χ4v) is 14.1. The van der Waals surface area contributed by atoms with Gasteiger partial charge in [0.05, 0.1) is 0 Å². The molecular weight excluding hydrogens is 453 g/mol. The smallest absolute Gasteiger partial charge is 0.0425 e. The van der Waals surface area contributed by atoms with Crippen LogP contribution in [0.5, 0.6) is 0 Å². The first kappa shape index (κ1) is 35.1. The summed E-state index contributed by atoms with van der Waals surface area (Å²) in [6, 6.07) is 0. The minimum absolute atomic E-state index is 0. The van der Waals surface area contributed by atoms with E-state index in [9.17, 15) is 0 Å². The van der Waals surface area contributed by atoms with Gasteiger partial charge in [-0.05, 0) is 45.7 Å². The summed E-state index contributed by atoms with van der Waals surface area (Å²) < 4.78 is 5.79. The van der Waals surface area contributed by atoms with E-state index in [4.69, 9.17) is 4.74 Å². The Morgan fingerprint density at radius 3 is 1.58 bits per heavy atom. The topological polar surface area (TPSA) is 12.4 Å². The fourth-order valence-electron chi connectivity index (χ4n) is 6.21. The Morgan fingerprint density at radius 1 is 0.818 bits per heavy atom. The molecule has 0 amide bonds. The van der Waals surface area contributed by atoms with Crippen LogP contribution in [0.2, 0.25) is 0 Å². The molecule has 0 aromatic heterocycles. The van der Waals surface area contributed by atoms with E-state index < -0.39 is 7.05 Å². The van der Waals surface area contributed by atoms with Crippen LogP contribution in [0.25, 0.3) is 0 Å². The predicted octanol–water partition coefficient (Wildman–Crippen LogP) is 11.3. The summed E-state index contributed by atoms with van der Waals surface area (Å²) in [6.45, 7) is 26.4. The molecule has 0 heterocycles. The minimum atomic E-state index is -1.69. The molecule has 0 aliphatic heterocycles. The van der Waals surface area contributed by atoms with Crippen molar-refractivity contribution in [3.05, 3.63) is 48.2 Å². The van der Waals surface area contributed by atoms with E-state index in [0.717, 1.165) is 12.8 Å². The molecule has 0 saturated heterocycles. The van der Waals surface area contributed by atoms with Crippen LogP contribution in [0, 0.1) is 0 Å². The van der Waals surface area contributed by atoms with E-state index in [-0.39, 0.29) is 37.2 Å². The average molecular weight is 510 g/mol. The Morgan fingerprint density at radius 2 is 1.27 bits per heavy atom. The third-order valence-electron chi connectivity index (χ3n) is 6.92. The van der Waals surface area contributed by atoms with Crippen LogP contribution in [0.1, 0.15) is 128 Å². The second-order valence-corrected chi connectivity index (χ2v) is 16.2. The maximum atomic E-state index is 5.79. The van der Waals surface area contributed by atoms with Crippen molar-refractivity contribution in [2.75, 3.05) is 0 Å². The molecule has 0 aromatic carbocycles. The summed E-state index contributed by atoms with van der Waals surface area (Å²) in [6.07, 6.45) is 24.6. The molecule has 190 valence electrons. The van der Waals surface area contributed by atoms with Gasteiger partial charge in [0.1, 0.15) is 0 Å². The van der Waals surface area contributed by atoms with E-state index in [0.29, 0.717) is 0 Å². The minimum Gasteiger partial charge on any atom is -0.270 e. The van der Waals surface area contributed by atoms with Crippen molar-refractivity contribution in [2.24, 2.45) is 4.74 Å². The maximum Gasteiger partial charge on any atom is 0.0425 e. The number of hydrogen-bond acceptors (Lipinski definition) is 1. The van der Waals surface area contributed by atoms with Crippen molar-refractivity contribution in [2.45, 2.75) is 143 Å². The van der Waals surface area contributed by atoms with Gasteiger partial charge >= 0.3 is 0 Å². The SMILES string of the molecule is CC=CC=CCC.CCCC(C)(C)P(=NC1=CC=CC1)(C(C)(C)CCC)C(C)(C)CCC.[Ti]. The number of hydrogen-bond donors (Lipinski definition) is 0. The van der Waals surface area contributed by atoms with Gasteiger partial charge in [-0.15, -0.1) is 0 Å². The molecule has 0 radical (unpaired) electrons. The second kappa shape index (κ2) is 16.6. The molecule has 0 aromatic rings. The Balaban J connectivity index is 0. The van der Waals surface area contributed by atoms with Gasteiger partial charge in [0.2, 0.25) is 0 Å². The third-order valence-corrected chi connectivity index (χ3v) is 13.4. The zero-order chi connectivity index (χ0) is 24.9. The largest absolute Gasteiger partial charge is 0.270 e. The quantitative estimate of drug-likeness (QED) is 0.141. The molecule has 1 rings (SSSR count). The van der Waals surface area contributed by atoms with E-state index in [1.165, 1.54) is 44.2 Å². The molecule has 1 nitrogen and oxygen atoms in total. The van der Waals surface area contributed by atoms with Crippen LogP contribution in [0.3, 0.4) is 0 Å². The van der Waals surface area contributed by atoms with Gasteiger partial charge in [0.15, 0.2) is 0 Å².